The van der Waals surface area contributed by atoms with Gasteiger partial charge in [0.1, 0.15) is 0 Å². The summed E-state index contributed by atoms with van der Waals surface area (Å²) < 4.78 is 0.765. The van der Waals surface area contributed by atoms with Crippen LogP contribution in [0.15, 0.2) is 22.7 Å². The highest BCUT2D eigenvalue weighted by molar-refractivity contribution is 9.10. The van der Waals surface area contributed by atoms with Crippen LogP contribution in [0.2, 0.25) is 5.02 Å². The third-order valence-corrected chi connectivity index (χ3v) is 4.92. The van der Waals surface area contributed by atoms with Gasteiger partial charge in [-0.25, -0.2) is 0 Å². The zero-order chi connectivity index (χ0) is 14.0. The van der Waals surface area contributed by atoms with Crippen LogP contribution < -0.4 is 0 Å². The van der Waals surface area contributed by atoms with E-state index in [4.69, 9.17) is 11.6 Å². The van der Waals surface area contributed by atoms with Gasteiger partial charge >= 0.3 is 0 Å². The molecule has 1 fully saturated rings. The molecule has 0 bridgehead atoms. The summed E-state index contributed by atoms with van der Waals surface area (Å²) in [6.07, 6.45) is 1.06. The van der Waals surface area contributed by atoms with E-state index in [2.05, 4.69) is 34.8 Å². The van der Waals surface area contributed by atoms with E-state index in [0.717, 1.165) is 30.5 Å². The molecule has 0 saturated carbocycles. The van der Waals surface area contributed by atoms with Crippen molar-refractivity contribution in [3.05, 3.63) is 33.3 Å². The number of amides is 1. The van der Waals surface area contributed by atoms with Crippen LogP contribution in [-0.4, -0.2) is 48.4 Å². The fraction of sp³-hybridized carbons (Fsp3) is 0.500. The lowest BCUT2D eigenvalue weighted by Crippen LogP contribution is -2.52. The van der Waals surface area contributed by atoms with Gasteiger partial charge in [0, 0.05) is 35.7 Å². The lowest BCUT2D eigenvalue weighted by molar-refractivity contribution is 0.0542. The van der Waals surface area contributed by atoms with Crippen molar-refractivity contribution < 1.29 is 4.79 Å². The van der Waals surface area contributed by atoms with Crippen molar-refractivity contribution in [2.24, 2.45) is 0 Å². The van der Waals surface area contributed by atoms with Gasteiger partial charge in [-0.05, 0) is 47.6 Å². The Morgan fingerprint density at radius 1 is 1.47 bits per heavy atom. The van der Waals surface area contributed by atoms with Gasteiger partial charge in [-0.2, -0.15) is 0 Å². The zero-order valence-electron chi connectivity index (χ0n) is 11.2. The summed E-state index contributed by atoms with van der Waals surface area (Å²) in [5, 5.41) is 0.626. The molecule has 1 aliphatic rings. The first kappa shape index (κ1) is 14.8. The molecule has 1 amide bonds. The second-order valence-electron chi connectivity index (χ2n) is 4.92. The molecule has 3 nitrogen and oxygen atoms in total. The number of carbonyl (C=O) groups excluding carboxylic acids is 1. The van der Waals surface area contributed by atoms with Gasteiger partial charge in [-0.1, -0.05) is 18.5 Å². The Kier molecular flexibility index (Phi) is 4.87. The number of rotatable bonds is 2. The first-order valence-electron chi connectivity index (χ1n) is 6.47. The number of piperazine rings is 1. The largest absolute Gasteiger partial charge is 0.336 e. The molecule has 0 N–H and O–H groups in total. The molecule has 1 atom stereocenters. The summed E-state index contributed by atoms with van der Waals surface area (Å²) in [7, 11) is 2.12. The third kappa shape index (κ3) is 3.30. The molecular weight excluding hydrogens is 328 g/mol. The SMILES string of the molecule is CCC1CN(C(=O)c2ccc(Cl)c(Br)c2)CCN1C. The van der Waals surface area contributed by atoms with E-state index in [9.17, 15) is 4.79 Å². The van der Waals surface area contributed by atoms with E-state index < -0.39 is 0 Å². The maximum Gasteiger partial charge on any atom is 0.253 e. The highest BCUT2D eigenvalue weighted by atomic mass is 79.9. The van der Waals surface area contributed by atoms with Gasteiger partial charge in [0.25, 0.3) is 5.91 Å². The van der Waals surface area contributed by atoms with E-state index in [-0.39, 0.29) is 5.91 Å². The molecule has 1 unspecified atom stereocenters. The molecule has 0 aromatic heterocycles. The lowest BCUT2D eigenvalue weighted by Gasteiger charge is -2.39. The van der Waals surface area contributed by atoms with Crippen LogP contribution in [0.25, 0.3) is 0 Å². The highest BCUT2D eigenvalue weighted by Gasteiger charge is 2.26. The third-order valence-electron chi connectivity index (χ3n) is 3.70. The summed E-state index contributed by atoms with van der Waals surface area (Å²) in [5.74, 6) is 0.0870. The minimum Gasteiger partial charge on any atom is -0.336 e. The smallest absolute Gasteiger partial charge is 0.253 e. The van der Waals surface area contributed by atoms with Crippen molar-refractivity contribution >= 4 is 33.4 Å². The molecule has 1 aromatic carbocycles. The molecule has 0 spiro atoms. The zero-order valence-corrected chi connectivity index (χ0v) is 13.5. The Balaban J connectivity index is 2.13. The van der Waals surface area contributed by atoms with Crippen molar-refractivity contribution in [1.82, 2.24) is 9.80 Å². The second kappa shape index (κ2) is 6.25. The normalized spacial score (nSPS) is 20.6. The molecular formula is C14H18BrClN2O. The monoisotopic (exact) mass is 344 g/mol. The number of hydrogen-bond donors (Lipinski definition) is 0. The minimum absolute atomic E-state index is 0.0870. The predicted octanol–water partition coefficient (Wildman–Crippen LogP) is 3.27. The lowest BCUT2D eigenvalue weighted by atomic mass is 10.1. The maximum atomic E-state index is 12.5. The average molecular weight is 346 g/mol. The predicted molar refractivity (Wildman–Crippen MR) is 81.8 cm³/mol. The van der Waals surface area contributed by atoms with Gasteiger partial charge in [-0.3, -0.25) is 9.69 Å². The van der Waals surface area contributed by atoms with E-state index in [1.165, 1.54) is 0 Å². The molecule has 0 aliphatic carbocycles. The van der Waals surface area contributed by atoms with E-state index >= 15 is 0 Å². The highest BCUT2D eigenvalue weighted by Crippen LogP contribution is 2.24. The number of halogens is 2. The van der Waals surface area contributed by atoms with Crippen molar-refractivity contribution in [2.75, 3.05) is 26.7 Å². The van der Waals surface area contributed by atoms with Crippen molar-refractivity contribution in [3.8, 4) is 0 Å². The van der Waals surface area contributed by atoms with Gasteiger partial charge in [0.2, 0.25) is 0 Å². The van der Waals surface area contributed by atoms with Gasteiger partial charge in [0.05, 0.1) is 5.02 Å². The first-order chi connectivity index (χ1) is 9.02. The van der Waals surface area contributed by atoms with Crippen LogP contribution >= 0.6 is 27.5 Å². The van der Waals surface area contributed by atoms with Gasteiger partial charge in [0.15, 0.2) is 0 Å². The van der Waals surface area contributed by atoms with Gasteiger partial charge in [-0.15, -0.1) is 0 Å². The van der Waals surface area contributed by atoms with Crippen LogP contribution in [0.5, 0.6) is 0 Å². The molecule has 0 radical (unpaired) electrons. The summed E-state index contributed by atoms with van der Waals surface area (Å²) in [6, 6.07) is 5.79. The Morgan fingerprint density at radius 2 is 2.21 bits per heavy atom. The summed E-state index contributed by atoms with van der Waals surface area (Å²) in [6.45, 7) is 4.67. The number of carbonyl (C=O) groups is 1. The summed E-state index contributed by atoms with van der Waals surface area (Å²) in [5.41, 5.74) is 0.690. The van der Waals surface area contributed by atoms with Crippen molar-refractivity contribution in [2.45, 2.75) is 19.4 Å². The van der Waals surface area contributed by atoms with E-state index in [1.54, 1.807) is 18.2 Å². The number of benzene rings is 1. The first-order valence-corrected chi connectivity index (χ1v) is 7.64. The molecule has 1 saturated heterocycles. The Hall–Kier alpha value is -0.580. The molecule has 2 rings (SSSR count). The molecule has 1 aliphatic heterocycles. The number of likely N-dealkylation sites (N-methyl/N-ethyl adjacent to an activating group) is 1. The van der Waals surface area contributed by atoms with Crippen LogP contribution in [0.3, 0.4) is 0 Å². The van der Waals surface area contributed by atoms with Crippen LogP contribution in [0.1, 0.15) is 23.7 Å². The fourth-order valence-electron chi connectivity index (χ4n) is 2.38. The molecule has 1 heterocycles. The topological polar surface area (TPSA) is 23.6 Å². The summed E-state index contributed by atoms with van der Waals surface area (Å²) in [4.78, 5) is 16.7. The average Bonchev–Trinajstić information content (AvgIpc) is 2.41. The standard InChI is InChI=1S/C14H18BrClN2O/c1-3-11-9-18(7-6-17(11)2)14(19)10-4-5-13(16)12(15)8-10/h4-5,8,11H,3,6-7,9H2,1-2H3. The van der Waals surface area contributed by atoms with Crippen molar-refractivity contribution in [3.63, 3.8) is 0 Å². The van der Waals surface area contributed by atoms with Crippen LogP contribution in [-0.2, 0) is 0 Å². The van der Waals surface area contributed by atoms with Crippen LogP contribution in [0.4, 0.5) is 0 Å². The summed E-state index contributed by atoms with van der Waals surface area (Å²) >= 11 is 9.32. The van der Waals surface area contributed by atoms with Crippen molar-refractivity contribution in [1.29, 1.82) is 0 Å². The second-order valence-corrected chi connectivity index (χ2v) is 6.18. The van der Waals surface area contributed by atoms with Gasteiger partial charge < -0.3 is 4.90 Å². The maximum absolute atomic E-state index is 12.5. The molecule has 1 aromatic rings. The number of hydrogen-bond acceptors (Lipinski definition) is 2. The Morgan fingerprint density at radius 3 is 2.84 bits per heavy atom. The molecule has 104 valence electrons. The fourth-order valence-corrected chi connectivity index (χ4v) is 2.88. The Bertz CT molecular complexity index is 481. The quantitative estimate of drug-likeness (QED) is 0.821. The minimum atomic E-state index is 0.0870. The van der Waals surface area contributed by atoms with E-state index in [1.807, 2.05) is 4.90 Å². The van der Waals surface area contributed by atoms with E-state index in [0.29, 0.717) is 16.6 Å². The van der Waals surface area contributed by atoms with Crippen LogP contribution in [0, 0.1) is 0 Å². The number of nitrogens with zero attached hydrogens (tertiary/aromatic N) is 2. The Labute approximate surface area is 127 Å². The molecule has 5 heteroatoms. The molecule has 19 heavy (non-hydrogen) atoms.